The first kappa shape index (κ1) is 28.7. The molecule has 226 valence electrons. The van der Waals surface area contributed by atoms with Gasteiger partial charge in [0.2, 0.25) is 0 Å². The first-order chi connectivity index (χ1) is 23.2. The Balaban J connectivity index is 1.15. The number of benzene rings is 4. The fourth-order valence-corrected chi connectivity index (χ4v) is 6.87. The van der Waals surface area contributed by atoms with Gasteiger partial charge < -0.3 is 4.90 Å². The lowest BCUT2D eigenvalue weighted by molar-refractivity contribution is 0.364. The number of fused-ring (bicyclic) bond motifs is 1. The maximum Gasteiger partial charge on any atom is 0.147 e. The van der Waals surface area contributed by atoms with E-state index in [2.05, 4.69) is 175 Å². The Kier molecular flexibility index (Phi) is 7.64. The van der Waals surface area contributed by atoms with E-state index in [1.807, 2.05) is 18.5 Å². The minimum atomic E-state index is -0.166. The number of hydrogen-bond acceptors (Lipinski definition) is 3. The lowest BCUT2D eigenvalue weighted by atomic mass is 9.76. The summed E-state index contributed by atoms with van der Waals surface area (Å²) in [6.45, 7) is 0. The van der Waals surface area contributed by atoms with Crippen LogP contribution in [-0.2, 0) is 0 Å². The second kappa shape index (κ2) is 12.5. The third-order valence-electron chi connectivity index (χ3n) is 9.46. The van der Waals surface area contributed by atoms with E-state index in [0.717, 1.165) is 39.2 Å². The van der Waals surface area contributed by atoms with Gasteiger partial charge >= 0.3 is 0 Å². The van der Waals surface area contributed by atoms with Crippen LogP contribution >= 0.6 is 0 Å². The number of nitrogens with zero attached hydrogens (tertiary/aromatic N) is 3. The third-order valence-corrected chi connectivity index (χ3v) is 9.46. The molecule has 4 aromatic carbocycles. The SMILES string of the molecule is CN1C(c2ccc(-c3cccnc3)cc2)=CC(c2ccc(C3C=CC=C4C=CC=CC43)cc2)=NC1c1ccc(-c2ccccc2)cc1. The van der Waals surface area contributed by atoms with Gasteiger partial charge in [-0.1, -0.05) is 152 Å². The molecule has 3 aliphatic rings. The van der Waals surface area contributed by atoms with Crippen molar-refractivity contribution in [1.29, 1.82) is 0 Å². The number of aliphatic imine (C=N–C) groups is 1. The zero-order valence-corrected chi connectivity index (χ0v) is 26.3. The van der Waals surface area contributed by atoms with Crippen molar-refractivity contribution in [2.75, 3.05) is 7.05 Å². The molecule has 0 saturated carbocycles. The summed E-state index contributed by atoms with van der Waals surface area (Å²) in [7, 11) is 2.15. The highest BCUT2D eigenvalue weighted by Gasteiger charge is 2.27. The summed E-state index contributed by atoms with van der Waals surface area (Å²) in [5, 5.41) is 0. The van der Waals surface area contributed by atoms with E-state index in [9.17, 15) is 0 Å². The van der Waals surface area contributed by atoms with E-state index < -0.39 is 0 Å². The smallest absolute Gasteiger partial charge is 0.147 e. The van der Waals surface area contributed by atoms with Crippen molar-refractivity contribution in [2.45, 2.75) is 12.1 Å². The van der Waals surface area contributed by atoms with Gasteiger partial charge in [-0.2, -0.15) is 0 Å². The van der Waals surface area contributed by atoms with Gasteiger partial charge in [0.05, 0.1) is 5.71 Å². The summed E-state index contributed by atoms with van der Waals surface area (Å²) in [6.07, 6.45) is 21.4. The molecular formula is C44H35N3. The second-order valence-electron chi connectivity index (χ2n) is 12.3. The van der Waals surface area contributed by atoms with E-state index >= 15 is 0 Å². The lowest BCUT2D eigenvalue weighted by Crippen LogP contribution is -2.27. The fraction of sp³-hybridized carbons (Fsp3) is 0.0909. The van der Waals surface area contributed by atoms with Crippen LogP contribution in [0.3, 0.4) is 0 Å². The number of aromatic nitrogens is 1. The maximum atomic E-state index is 5.37. The van der Waals surface area contributed by atoms with Crippen LogP contribution in [-0.4, -0.2) is 22.6 Å². The van der Waals surface area contributed by atoms with Gasteiger partial charge in [0.15, 0.2) is 0 Å². The summed E-state index contributed by atoms with van der Waals surface area (Å²) >= 11 is 0. The Morgan fingerprint density at radius 3 is 1.96 bits per heavy atom. The van der Waals surface area contributed by atoms with Crippen molar-refractivity contribution in [1.82, 2.24) is 9.88 Å². The monoisotopic (exact) mass is 605 g/mol. The van der Waals surface area contributed by atoms with E-state index in [4.69, 9.17) is 4.99 Å². The standard InChI is InChI=1S/C44H35N3/c1-47-43(37-24-16-33(17-25-37)39-13-8-28-45-30-39)29-42(46-44(47)38-26-18-32(19-27-38)31-9-3-2-4-10-31)36-22-20-35(21-23-36)41-15-7-12-34-11-5-6-14-40(34)41/h2-30,40-41,44H,1H3. The van der Waals surface area contributed by atoms with E-state index in [0.29, 0.717) is 11.8 Å². The average Bonchev–Trinajstić information content (AvgIpc) is 3.16. The van der Waals surface area contributed by atoms with Crippen molar-refractivity contribution in [3.8, 4) is 22.3 Å². The molecule has 0 N–H and O–H groups in total. The molecule has 0 bridgehead atoms. The van der Waals surface area contributed by atoms with Crippen LogP contribution in [0.5, 0.6) is 0 Å². The Labute approximate surface area is 277 Å². The summed E-state index contributed by atoms with van der Waals surface area (Å²) in [5.74, 6) is 0.700. The first-order valence-corrected chi connectivity index (χ1v) is 16.2. The largest absolute Gasteiger partial charge is 0.349 e. The highest BCUT2D eigenvalue weighted by Crippen LogP contribution is 2.39. The summed E-state index contributed by atoms with van der Waals surface area (Å²) in [5.41, 5.74) is 12.9. The van der Waals surface area contributed by atoms with E-state index in [1.165, 1.54) is 22.3 Å². The van der Waals surface area contributed by atoms with Gasteiger partial charge in [0, 0.05) is 37.0 Å². The highest BCUT2D eigenvalue weighted by atomic mass is 15.2. The van der Waals surface area contributed by atoms with Crippen molar-refractivity contribution in [3.05, 3.63) is 204 Å². The molecule has 2 aliphatic carbocycles. The molecule has 0 spiro atoms. The van der Waals surface area contributed by atoms with Gasteiger partial charge in [0.1, 0.15) is 6.17 Å². The lowest BCUT2D eigenvalue weighted by Gasteiger charge is -2.34. The average molecular weight is 606 g/mol. The van der Waals surface area contributed by atoms with Crippen LogP contribution in [0.2, 0.25) is 0 Å². The van der Waals surface area contributed by atoms with Gasteiger partial charge in [-0.15, -0.1) is 0 Å². The number of hydrogen-bond donors (Lipinski definition) is 0. The molecule has 3 nitrogen and oxygen atoms in total. The first-order valence-electron chi connectivity index (χ1n) is 16.2. The molecule has 8 rings (SSSR count). The molecular weight excluding hydrogens is 571 g/mol. The molecule has 1 aromatic heterocycles. The van der Waals surface area contributed by atoms with Crippen LogP contribution < -0.4 is 0 Å². The Bertz CT molecular complexity index is 2060. The molecule has 2 heterocycles. The van der Waals surface area contributed by atoms with Gasteiger partial charge in [-0.05, 0) is 62.2 Å². The summed E-state index contributed by atoms with van der Waals surface area (Å²) in [6, 6.07) is 41.3. The minimum Gasteiger partial charge on any atom is -0.349 e. The zero-order valence-electron chi connectivity index (χ0n) is 26.3. The predicted octanol–water partition coefficient (Wildman–Crippen LogP) is 10.2. The molecule has 1 aliphatic heterocycles. The molecule has 0 saturated heterocycles. The summed E-state index contributed by atoms with van der Waals surface area (Å²) in [4.78, 5) is 12.0. The molecule has 3 atom stereocenters. The van der Waals surface area contributed by atoms with Crippen molar-refractivity contribution in [3.63, 3.8) is 0 Å². The van der Waals surface area contributed by atoms with E-state index in [-0.39, 0.29) is 6.17 Å². The molecule has 5 aromatic rings. The van der Waals surface area contributed by atoms with Crippen molar-refractivity contribution < 1.29 is 0 Å². The van der Waals surface area contributed by atoms with Gasteiger partial charge in [0.25, 0.3) is 0 Å². The Hall–Kier alpha value is -5.80. The number of pyridine rings is 1. The number of rotatable bonds is 6. The van der Waals surface area contributed by atoms with Gasteiger partial charge in [-0.3, -0.25) is 9.98 Å². The molecule has 0 fully saturated rings. The molecule has 0 amide bonds. The van der Waals surface area contributed by atoms with Crippen molar-refractivity contribution in [2.24, 2.45) is 10.9 Å². The normalized spacial score (nSPS) is 19.9. The van der Waals surface area contributed by atoms with E-state index in [1.54, 1.807) is 0 Å². The van der Waals surface area contributed by atoms with Gasteiger partial charge in [-0.25, -0.2) is 0 Å². The topological polar surface area (TPSA) is 28.5 Å². The Morgan fingerprint density at radius 2 is 1.19 bits per heavy atom. The highest BCUT2D eigenvalue weighted by molar-refractivity contribution is 6.13. The second-order valence-corrected chi connectivity index (χ2v) is 12.3. The Morgan fingerprint density at radius 1 is 0.553 bits per heavy atom. The fourth-order valence-electron chi connectivity index (χ4n) is 6.87. The van der Waals surface area contributed by atoms with Crippen LogP contribution in [0.1, 0.15) is 34.3 Å². The van der Waals surface area contributed by atoms with Crippen molar-refractivity contribution >= 4 is 11.4 Å². The van der Waals surface area contributed by atoms with Crippen LogP contribution in [0.4, 0.5) is 0 Å². The molecule has 3 heteroatoms. The van der Waals surface area contributed by atoms with Crippen LogP contribution in [0.15, 0.2) is 187 Å². The zero-order chi connectivity index (χ0) is 31.6. The molecule has 3 unspecified atom stereocenters. The van der Waals surface area contributed by atoms with Crippen LogP contribution in [0, 0.1) is 5.92 Å². The van der Waals surface area contributed by atoms with Crippen LogP contribution in [0.25, 0.3) is 28.0 Å². The molecule has 0 radical (unpaired) electrons. The summed E-state index contributed by atoms with van der Waals surface area (Å²) < 4.78 is 0. The maximum absolute atomic E-state index is 5.37. The minimum absolute atomic E-state index is 0.166. The third kappa shape index (κ3) is 5.73. The predicted molar refractivity (Wildman–Crippen MR) is 195 cm³/mol. The molecule has 47 heavy (non-hydrogen) atoms. The number of allylic oxidation sites excluding steroid dienone is 9. The quantitative estimate of drug-likeness (QED) is 0.193.